The Hall–Kier alpha value is -1.79. The molecule has 158 valence electrons. The molecule has 0 aromatic heterocycles. The van der Waals surface area contributed by atoms with E-state index in [1.807, 2.05) is 36.4 Å². The zero-order valence-electron chi connectivity index (χ0n) is 16.6. The molecular formula is C22H28Cl2N2O3. The number of nitrogens with zero attached hydrogens (tertiary/aromatic N) is 1. The summed E-state index contributed by atoms with van der Waals surface area (Å²) in [5.74, 6) is 0.674. The maximum absolute atomic E-state index is 12.6. The fourth-order valence-corrected chi connectivity index (χ4v) is 3.55. The summed E-state index contributed by atoms with van der Waals surface area (Å²) >= 11 is 6.45. The van der Waals surface area contributed by atoms with Crippen LogP contribution in [0.25, 0.3) is 0 Å². The van der Waals surface area contributed by atoms with Gasteiger partial charge in [0.1, 0.15) is 5.75 Å². The molecule has 1 aliphatic heterocycles. The van der Waals surface area contributed by atoms with Crippen LogP contribution in [0.3, 0.4) is 0 Å². The standard InChI is InChI=1S/C22H27ClN2O3.ClH/c1-2-13-28-18-9-7-17(8-10-18)22(26)24-16-21(25-11-14-27-15-12-25)19-5-3-4-6-20(19)23;/h3-10,21H,2,11-16H2,1H3,(H,24,26);1H. The summed E-state index contributed by atoms with van der Waals surface area (Å²) in [6.07, 6.45) is 0.952. The van der Waals surface area contributed by atoms with Crippen LogP contribution in [-0.2, 0) is 4.74 Å². The van der Waals surface area contributed by atoms with Gasteiger partial charge in [0.2, 0.25) is 0 Å². The lowest BCUT2D eigenvalue weighted by molar-refractivity contribution is 0.0162. The molecule has 3 rings (SSSR count). The van der Waals surface area contributed by atoms with E-state index in [4.69, 9.17) is 21.1 Å². The molecule has 1 saturated heterocycles. The van der Waals surface area contributed by atoms with Crippen LogP contribution < -0.4 is 10.1 Å². The van der Waals surface area contributed by atoms with E-state index >= 15 is 0 Å². The molecule has 1 aliphatic rings. The highest BCUT2D eigenvalue weighted by atomic mass is 35.5. The molecule has 5 nitrogen and oxygen atoms in total. The van der Waals surface area contributed by atoms with Crippen LogP contribution in [0.15, 0.2) is 48.5 Å². The van der Waals surface area contributed by atoms with Gasteiger partial charge in [-0.15, -0.1) is 12.4 Å². The van der Waals surface area contributed by atoms with Gasteiger partial charge >= 0.3 is 0 Å². The van der Waals surface area contributed by atoms with Crippen molar-refractivity contribution in [2.45, 2.75) is 19.4 Å². The van der Waals surface area contributed by atoms with E-state index in [9.17, 15) is 4.79 Å². The van der Waals surface area contributed by atoms with Gasteiger partial charge in [-0.1, -0.05) is 36.7 Å². The average molecular weight is 439 g/mol. The lowest BCUT2D eigenvalue weighted by atomic mass is 10.0. The number of benzene rings is 2. The molecule has 1 atom stereocenters. The number of morpholine rings is 1. The van der Waals surface area contributed by atoms with Gasteiger partial charge in [0.05, 0.1) is 25.9 Å². The number of amides is 1. The SMILES string of the molecule is CCCOc1ccc(C(=O)NCC(c2ccccc2Cl)N2CCOCC2)cc1.Cl. The molecular weight excluding hydrogens is 411 g/mol. The van der Waals surface area contributed by atoms with Crippen molar-refractivity contribution in [1.82, 2.24) is 10.2 Å². The van der Waals surface area contributed by atoms with E-state index < -0.39 is 0 Å². The van der Waals surface area contributed by atoms with Crippen molar-refractivity contribution >= 4 is 29.9 Å². The third-order valence-electron chi connectivity index (χ3n) is 4.80. The van der Waals surface area contributed by atoms with E-state index in [-0.39, 0.29) is 24.4 Å². The largest absolute Gasteiger partial charge is 0.494 e. The van der Waals surface area contributed by atoms with Gasteiger partial charge in [-0.05, 0) is 42.3 Å². The van der Waals surface area contributed by atoms with Crippen LogP contribution in [0, 0.1) is 0 Å². The number of hydrogen-bond donors (Lipinski definition) is 1. The van der Waals surface area contributed by atoms with Crippen molar-refractivity contribution in [1.29, 1.82) is 0 Å². The summed E-state index contributed by atoms with van der Waals surface area (Å²) < 4.78 is 11.0. The van der Waals surface area contributed by atoms with Crippen LogP contribution in [0.2, 0.25) is 5.02 Å². The van der Waals surface area contributed by atoms with Gasteiger partial charge in [-0.25, -0.2) is 0 Å². The molecule has 0 saturated carbocycles. The van der Waals surface area contributed by atoms with E-state index in [0.717, 1.165) is 30.8 Å². The Bertz CT molecular complexity index is 765. The number of nitrogens with one attached hydrogen (secondary N) is 1. The fourth-order valence-electron chi connectivity index (χ4n) is 3.28. The smallest absolute Gasteiger partial charge is 0.251 e. The minimum atomic E-state index is -0.104. The summed E-state index contributed by atoms with van der Waals surface area (Å²) in [5, 5.41) is 3.78. The maximum atomic E-state index is 12.6. The Labute approximate surface area is 183 Å². The molecule has 0 bridgehead atoms. The average Bonchev–Trinajstić information content (AvgIpc) is 2.74. The van der Waals surface area contributed by atoms with E-state index in [1.54, 1.807) is 12.1 Å². The van der Waals surface area contributed by atoms with Crippen LogP contribution in [0.5, 0.6) is 5.75 Å². The van der Waals surface area contributed by atoms with Crippen LogP contribution in [0.1, 0.15) is 35.3 Å². The first kappa shape index (κ1) is 23.5. The second-order valence-electron chi connectivity index (χ2n) is 6.77. The molecule has 0 radical (unpaired) electrons. The number of hydrogen-bond acceptors (Lipinski definition) is 4. The van der Waals surface area contributed by atoms with Gasteiger partial charge in [0.25, 0.3) is 5.91 Å². The van der Waals surface area contributed by atoms with Gasteiger partial charge < -0.3 is 14.8 Å². The summed E-state index contributed by atoms with van der Waals surface area (Å²) in [5.41, 5.74) is 1.64. The molecule has 1 unspecified atom stereocenters. The van der Waals surface area contributed by atoms with Crippen molar-refractivity contribution < 1.29 is 14.3 Å². The van der Waals surface area contributed by atoms with Gasteiger partial charge in [-0.2, -0.15) is 0 Å². The predicted octanol–water partition coefficient (Wildman–Crippen LogP) is 4.35. The first-order valence-corrected chi connectivity index (χ1v) is 10.1. The summed E-state index contributed by atoms with van der Waals surface area (Å²) in [7, 11) is 0. The molecule has 0 aliphatic carbocycles. The Morgan fingerprint density at radius 2 is 1.86 bits per heavy atom. The Kier molecular flexibility index (Phi) is 9.74. The van der Waals surface area contributed by atoms with Crippen molar-refractivity contribution in [3.63, 3.8) is 0 Å². The van der Waals surface area contributed by atoms with Gasteiger partial charge in [-0.3, -0.25) is 9.69 Å². The minimum Gasteiger partial charge on any atom is -0.494 e. The second-order valence-corrected chi connectivity index (χ2v) is 7.18. The molecule has 29 heavy (non-hydrogen) atoms. The Morgan fingerprint density at radius 3 is 2.52 bits per heavy atom. The highest BCUT2D eigenvalue weighted by molar-refractivity contribution is 6.31. The molecule has 2 aromatic rings. The second kappa shape index (κ2) is 12.0. The quantitative estimate of drug-likeness (QED) is 0.665. The third kappa shape index (κ3) is 6.61. The van der Waals surface area contributed by atoms with E-state index in [2.05, 4.69) is 17.1 Å². The molecule has 1 heterocycles. The van der Waals surface area contributed by atoms with Gasteiger partial charge in [0.15, 0.2) is 0 Å². The lowest BCUT2D eigenvalue weighted by Crippen LogP contribution is -2.44. The lowest BCUT2D eigenvalue weighted by Gasteiger charge is -2.35. The first-order valence-electron chi connectivity index (χ1n) is 9.76. The Morgan fingerprint density at radius 1 is 1.17 bits per heavy atom. The topological polar surface area (TPSA) is 50.8 Å². The van der Waals surface area contributed by atoms with E-state index in [0.29, 0.717) is 37.0 Å². The highest BCUT2D eigenvalue weighted by Gasteiger charge is 2.25. The molecule has 7 heteroatoms. The fraction of sp³-hybridized carbons (Fsp3) is 0.409. The maximum Gasteiger partial charge on any atom is 0.251 e. The number of carbonyl (C=O) groups is 1. The number of carbonyl (C=O) groups excluding carboxylic acids is 1. The van der Waals surface area contributed by atoms with Crippen molar-refractivity contribution in [2.24, 2.45) is 0 Å². The zero-order valence-corrected chi connectivity index (χ0v) is 18.2. The molecule has 1 amide bonds. The Balaban J connectivity index is 0.00000300. The molecule has 1 N–H and O–H groups in total. The highest BCUT2D eigenvalue weighted by Crippen LogP contribution is 2.28. The van der Waals surface area contributed by atoms with Crippen LogP contribution in [0.4, 0.5) is 0 Å². The van der Waals surface area contributed by atoms with Gasteiger partial charge in [0, 0.05) is 30.2 Å². The molecule has 2 aromatic carbocycles. The monoisotopic (exact) mass is 438 g/mol. The van der Waals surface area contributed by atoms with Crippen LogP contribution >= 0.6 is 24.0 Å². The van der Waals surface area contributed by atoms with Crippen molar-refractivity contribution in [3.05, 3.63) is 64.7 Å². The first-order chi connectivity index (χ1) is 13.7. The molecule has 0 spiro atoms. The predicted molar refractivity (Wildman–Crippen MR) is 118 cm³/mol. The van der Waals surface area contributed by atoms with Crippen LogP contribution in [-0.4, -0.2) is 50.3 Å². The summed E-state index contributed by atoms with van der Waals surface area (Å²) in [6.45, 7) is 6.22. The molecule has 1 fully saturated rings. The number of halogens is 2. The summed E-state index contributed by atoms with van der Waals surface area (Å²) in [6, 6.07) is 15.1. The zero-order chi connectivity index (χ0) is 19.8. The van der Waals surface area contributed by atoms with E-state index in [1.165, 1.54) is 0 Å². The van der Waals surface area contributed by atoms with Crippen molar-refractivity contribution in [3.8, 4) is 5.75 Å². The number of rotatable bonds is 8. The number of ether oxygens (including phenoxy) is 2. The van der Waals surface area contributed by atoms with Crippen molar-refractivity contribution in [2.75, 3.05) is 39.5 Å². The summed E-state index contributed by atoms with van der Waals surface area (Å²) in [4.78, 5) is 15.0. The normalized spacial score (nSPS) is 15.2. The third-order valence-corrected chi connectivity index (χ3v) is 5.14. The minimum absolute atomic E-state index is 0.